The van der Waals surface area contributed by atoms with Crippen LogP contribution in [-0.4, -0.2) is 20.8 Å². The molecule has 42 heavy (non-hydrogen) atoms. The number of fused-ring (bicyclic) bond motifs is 2. The fourth-order valence-electron chi connectivity index (χ4n) is 5.55. The lowest BCUT2D eigenvalue weighted by atomic mass is 9.88. The molecule has 0 atom stereocenters. The van der Waals surface area contributed by atoms with E-state index in [1.807, 2.05) is 54.6 Å². The van der Waals surface area contributed by atoms with Gasteiger partial charge < -0.3 is 4.74 Å². The van der Waals surface area contributed by atoms with Crippen LogP contribution in [0.15, 0.2) is 91.6 Å². The molecular formula is C32H26Br2N4O4. The molecule has 5 aromatic rings. The molecule has 0 unspecified atom stereocenters. The van der Waals surface area contributed by atoms with Gasteiger partial charge in [-0.2, -0.15) is 9.78 Å². The minimum Gasteiger partial charge on any atom is -0.481 e. The summed E-state index contributed by atoms with van der Waals surface area (Å²) in [5.41, 5.74) is 1.52. The van der Waals surface area contributed by atoms with Crippen LogP contribution in [0, 0.1) is 10.1 Å². The monoisotopic (exact) mass is 688 g/mol. The summed E-state index contributed by atoms with van der Waals surface area (Å²) in [7, 11) is 0. The lowest BCUT2D eigenvalue weighted by Crippen LogP contribution is -2.25. The largest absolute Gasteiger partial charge is 0.481 e. The lowest BCUT2D eigenvalue weighted by Gasteiger charge is -2.22. The molecule has 0 N–H and O–H groups in total. The number of aromatic nitrogens is 2. The molecule has 8 nitrogen and oxygen atoms in total. The Balaban J connectivity index is 1.36. The molecule has 0 amide bonds. The number of benzene rings is 4. The standard InChI is InChI=1S/C32H26Br2N4O4/c33-24-13-14-28-26(17-24)32(39)37(31(36-28)22-8-2-1-3-9-22)35-18-20-15-27(34)30(29(16-20)38(40)41)42-19-23-11-6-10-21-7-4-5-12-25(21)23/h4-7,10-18,22H,1-3,8-9,19H2. The topological polar surface area (TPSA) is 99.6 Å². The molecule has 4 aromatic carbocycles. The van der Waals surface area contributed by atoms with Crippen molar-refractivity contribution in [2.75, 3.05) is 0 Å². The first-order valence-corrected chi connectivity index (χ1v) is 15.3. The van der Waals surface area contributed by atoms with Crippen molar-refractivity contribution >= 4 is 65.4 Å². The van der Waals surface area contributed by atoms with Crippen molar-refractivity contribution in [3.8, 4) is 5.75 Å². The summed E-state index contributed by atoms with van der Waals surface area (Å²) >= 11 is 6.91. The van der Waals surface area contributed by atoms with Gasteiger partial charge in [0.2, 0.25) is 5.75 Å². The molecule has 1 aromatic heterocycles. The summed E-state index contributed by atoms with van der Waals surface area (Å²) in [5.74, 6) is 0.860. The van der Waals surface area contributed by atoms with Crippen molar-refractivity contribution in [2.24, 2.45) is 5.10 Å². The lowest BCUT2D eigenvalue weighted by molar-refractivity contribution is -0.386. The van der Waals surface area contributed by atoms with Crippen LogP contribution >= 0.6 is 31.9 Å². The summed E-state index contributed by atoms with van der Waals surface area (Å²) in [5, 5.41) is 19.2. The zero-order valence-corrected chi connectivity index (χ0v) is 25.7. The van der Waals surface area contributed by atoms with Gasteiger partial charge in [0.05, 0.1) is 26.5 Å². The molecular weight excluding hydrogens is 664 g/mol. The third-order valence-corrected chi connectivity index (χ3v) is 8.70. The highest BCUT2D eigenvalue weighted by Gasteiger charge is 2.24. The third-order valence-electron chi connectivity index (χ3n) is 7.62. The van der Waals surface area contributed by atoms with Crippen molar-refractivity contribution in [3.63, 3.8) is 0 Å². The van der Waals surface area contributed by atoms with Crippen LogP contribution in [-0.2, 0) is 6.61 Å². The van der Waals surface area contributed by atoms with Crippen LogP contribution in [0.1, 0.15) is 55.0 Å². The molecule has 1 heterocycles. The van der Waals surface area contributed by atoms with Crippen molar-refractivity contribution < 1.29 is 9.66 Å². The van der Waals surface area contributed by atoms with Crippen molar-refractivity contribution in [3.05, 3.63) is 119 Å². The molecule has 1 aliphatic carbocycles. The fraction of sp³-hybridized carbons (Fsp3) is 0.219. The Kier molecular flexibility index (Phi) is 8.17. The maximum atomic E-state index is 13.6. The van der Waals surface area contributed by atoms with E-state index in [2.05, 4.69) is 37.0 Å². The summed E-state index contributed by atoms with van der Waals surface area (Å²) in [6, 6.07) is 22.4. The molecule has 10 heteroatoms. The Hall–Kier alpha value is -3.89. The number of nitro benzene ring substituents is 1. The van der Waals surface area contributed by atoms with Gasteiger partial charge in [-0.15, -0.1) is 0 Å². The Morgan fingerprint density at radius 1 is 1.00 bits per heavy atom. The molecule has 0 saturated heterocycles. The van der Waals surface area contributed by atoms with Crippen molar-refractivity contribution in [1.82, 2.24) is 9.66 Å². The number of nitrogens with zero attached hydrogens (tertiary/aromatic N) is 4. The van der Waals surface area contributed by atoms with Crippen LogP contribution in [0.5, 0.6) is 5.75 Å². The highest BCUT2D eigenvalue weighted by atomic mass is 79.9. The Bertz CT molecular complexity index is 1910. The van der Waals surface area contributed by atoms with E-state index in [1.165, 1.54) is 17.0 Å². The predicted molar refractivity (Wildman–Crippen MR) is 172 cm³/mol. The average Bonchev–Trinajstić information content (AvgIpc) is 3.00. The molecule has 212 valence electrons. The van der Waals surface area contributed by atoms with Crippen LogP contribution < -0.4 is 10.3 Å². The van der Waals surface area contributed by atoms with Crippen LogP contribution in [0.25, 0.3) is 21.7 Å². The minimum atomic E-state index is -0.477. The molecule has 0 aliphatic heterocycles. The normalized spacial score (nSPS) is 14.1. The van der Waals surface area contributed by atoms with Crippen molar-refractivity contribution in [1.29, 1.82) is 0 Å². The zero-order valence-electron chi connectivity index (χ0n) is 22.5. The molecule has 1 saturated carbocycles. The predicted octanol–water partition coefficient (Wildman–Crippen LogP) is 8.49. The summed E-state index contributed by atoms with van der Waals surface area (Å²) in [4.78, 5) is 30.1. The van der Waals surface area contributed by atoms with Gasteiger partial charge >= 0.3 is 5.69 Å². The Morgan fingerprint density at radius 2 is 1.79 bits per heavy atom. The molecule has 1 fully saturated rings. The first kappa shape index (κ1) is 28.2. The van der Waals surface area contributed by atoms with Gasteiger partial charge in [0.1, 0.15) is 12.4 Å². The second-order valence-electron chi connectivity index (χ2n) is 10.4. The SMILES string of the molecule is O=c1c2cc(Br)ccc2nc(C2CCCCC2)n1N=Cc1cc(Br)c(OCc2cccc3ccccc23)c([N+](=O)[O-])c1. The van der Waals surface area contributed by atoms with E-state index in [4.69, 9.17) is 9.72 Å². The number of hydrogen-bond acceptors (Lipinski definition) is 6. The van der Waals surface area contributed by atoms with Gasteiger partial charge in [-0.05, 0) is 69.4 Å². The van der Waals surface area contributed by atoms with E-state index in [1.54, 1.807) is 12.1 Å². The van der Waals surface area contributed by atoms with Crippen molar-refractivity contribution in [2.45, 2.75) is 44.6 Å². The average molecular weight is 690 g/mol. The fourth-order valence-corrected chi connectivity index (χ4v) is 6.49. The number of nitro groups is 1. The van der Waals surface area contributed by atoms with E-state index < -0.39 is 4.92 Å². The quantitative estimate of drug-likeness (QED) is 0.0969. The van der Waals surface area contributed by atoms with Gasteiger partial charge in [0.15, 0.2) is 0 Å². The molecule has 0 radical (unpaired) electrons. The first-order chi connectivity index (χ1) is 20.4. The van der Waals surface area contributed by atoms with Crippen LogP contribution in [0.4, 0.5) is 5.69 Å². The van der Waals surface area contributed by atoms with Gasteiger partial charge in [0.25, 0.3) is 5.56 Å². The number of hydrogen-bond donors (Lipinski definition) is 0. The van der Waals surface area contributed by atoms with Gasteiger partial charge in [-0.1, -0.05) is 77.7 Å². The number of rotatable bonds is 7. The summed E-state index contributed by atoms with van der Waals surface area (Å²) in [6.07, 6.45) is 6.64. The molecule has 0 spiro atoms. The van der Waals surface area contributed by atoms with Gasteiger partial charge in [-0.25, -0.2) is 4.98 Å². The van der Waals surface area contributed by atoms with E-state index in [0.29, 0.717) is 26.8 Å². The van der Waals surface area contributed by atoms with E-state index in [0.717, 1.165) is 52.9 Å². The van der Waals surface area contributed by atoms with E-state index >= 15 is 0 Å². The molecule has 6 rings (SSSR count). The van der Waals surface area contributed by atoms with Crippen LogP contribution in [0.2, 0.25) is 0 Å². The number of halogens is 2. The van der Waals surface area contributed by atoms with E-state index in [9.17, 15) is 14.9 Å². The highest BCUT2D eigenvalue weighted by molar-refractivity contribution is 9.10. The smallest absolute Gasteiger partial charge is 0.312 e. The van der Waals surface area contributed by atoms with Gasteiger partial charge in [-0.3, -0.25) is 14.9 Å². The van der Waals surface area contributed by atoms with Crippen LogP contribution in [0.3, 0.4) is 0 Å². The maximum absolute atomic E-state index is 13.6. The highest BCUT2D eigenvalue weighted by Crippen LogP contribution is 2.37. The maximum Gasteiger partial charge on any atom is 0.312 e. The summed E-state index contributed by atoms with van der Waals surface area (Å²) < 4.78 is 8.56. The molecule has 1 aliphatic rings. The zero-order chi connectivity index (χ0) is 29.2. The van der Waals surface area contributed by atoms with Gasteiger partial charge in [0, 0.05) is 22.0 Å². The molecule has 0 bridgehead atoms. The van der Waals surface area contributed by atoms with E-state index in [-0.39, 0.29) is 29.5 Å². The summed E-state index contributed by atoms with van der Waals surface area (Å²) in [6.45, 7) is 0.159. The Labute approximate surface area is 258 Å². The second kappa shape index (κ2) is 12.1. The number of ether oxygens (including phenoxy) is 1. The first-order valence-electron chi connectivity index (χ1n) is 13.7. The second-order valence-corrected chi connectivity index (χ2v) is 12.1. The minimum absolute atomic E-state index is 0.113. The third kappa shape index (κ3) is 5.73. The Morgan fingerprint density at radius 3 is 2.60 bits per heavy atom.